The van der Waals surface area contributed by atoms with Crippen LogP contribution in [0.1, 0.15) is 46.8 Å². The van der Waals surface area contributed by atoms with Gasteiger partial charge in [0.2, 0.25) is 0 Å². The lowest BCUT2D eigenvalue weighted by Crippen LogP contribution is -2.29. The number of dihydropyridines is 1. The van der Waals surface area contributed by atoms with E-state index in [-0.39, 0.29) is 12.4 Å². The Morgan fingerprint density at radius 1 is 0.972 bits per heavy atom. The molecule has 0 spiro atoms. The van der Waals surface area contributed by atoms with Crippen LogP contribution in [0.2, 0.25) is 0 Å². The lowest BCUT2D eigenvalue weighted by Gasteiger charge is -2.29. The number of ether oxygens (including phenoxy) is 2. The fraction of sp³-hybridized carbons (Fsp3) is 0.172. The molecule has 1 atom stereocenters. The molecule has 0 radical (unpaired) electrons. The lowest BCUT2D eigenvalue weighted by atomic mass is 9.80. The molecule has 0 bridgehead atoms. The number of Topliss-reactive ketones (excluding diaryl/α,β-unsaturated/α-hetero) is 1. The summed E-state index contributed by atoms with van der Waals surface area (Å²) >= 11 is 4.53. The first-order valence-corrected chi connectivity index (χ1v) is 13.7. The Labute approximate surface area is 237 Å². The zero-order chi connectivity index (χ0) is 25.4. The maximum absolute atomic E-state index is 13.6. The molecule has 5 nitrogen and oxygen atoms in total. The van der Waals surface area contributed by atoms with Crippen molar-refractivity contribution < 1.29 is 19.1 Å². The molecule has 0 amide bonds. The number of hydrogen-bond donors (Lipinski definition) is 1. The Kier molecular flexibility index (Phi) is 7.21. The van der Waals surface area contributed by atoms with E-state index in [0.717, 1.165) is 35.3 Å². The highest BCUT2D eigenvalue weighted by Gasteiger charge is 2.43. The normalized spacial score (nSPS) is 16.4. The topological polar surface area (TPSA) is 64.6 Å². The van der Waals surface area contributed by atoms with Gasteiger partial charge in [0.1, 0.15) is 12.4 Å². The molecule has 7 heteroatoms. The average Bonchev–Trinajstić information content (AvgIpc) is 3.15. The predicted octanol–water partition coefficient (Wildman–Crippen LogP) is 6.61. The zero-order valence-corrected chi connectivity index (χ0v) is 24.0. The van der Waals surface area contributed by atoms with Crippen molar-refractivity contribution in [2.24, 2.45) is 0 Å². The monoisotopic (exact) mass is 703 g/mol. The summed E-state index contributed by atoms with van der Waals surface area (Å²) < 4.78 is 13.4. The van der Waals surface area contributed by atoms with Crippen molar-refractivity contribution in [3.63, 3.8) is 0 Å². The second-order valence-corrected chi connectivity index (χ2v) is 10.9. The van der Waals surface area contributed by atoms with E-state index in [1.54, 1.807) is 6.92 Å². The Balaban J connectivity index is 1.59. The van der Waals surface area contributed by atoms with Crippen LogP contribution in [-0.4, -0.2) is 18.4 Å². The number of benzene rings is 3. The molecule has 1 aliphatic heterocycles. The van der Waals surface area contributed by atoms with Crippen LogP contribution >= 0.6 is 45.2 Å². The summed E-state index contributed by atoms with van der Waals surface area (Å²) in [5, 5.41) is 3.34. The first-order chi connectivity index (χ1) is 17.4. The minimum Gasteiger partial charge on any atom is -0.487 e. The molecule has 0 aromatic heterocycles. The molecule has 0 saturated heterocycles. The summed E-state index contributed by atoms with van der Waals surface area (Å²) in [4.78, 5) is 26.8. The molecule has 1 aliphatic carbocycles. The number of allylic oxidation sites excluding steroid dienone is 2. The molecule has 182 valence electrons. The van der Waals surface area contributed by atoms with E-state index < -0.39 is 11.9 Å². The van der Waals surface area contributed by atoms with Gasteiger partial charge in [0, 0.05) is 28.3 Å². The van der Waals surface area contributed by atoms with Crippen molar-refractivity contribution in [1.29, 1.82) is 0 Å². The quantitative estimate of drug-likeness (QED) is 0.232. The van der Waals surface area contributed by atoms with Crippen LogP contribution in [0.5, 0.6) is 5.75 Å². The number of halogens is 2. The van der Waals surface area contributed by atoms with E-state index >= 15 is 0 Å². The molecule has 3 aromatic rings. The standard InChI is InChI=1S/C29H23I2NO4/c1-3-35-29(34)23-16(2)32-26-19-11-7-8-12-20(19)27(33)25(26)24(23)18-13-21(30)28(22(31)14-18)36-15-17-9-5-4-6-10-17/h4-14,24,32H,3,15H2,1-2H3/t24-/m0/s1. The lowest BCUT2D eigenvalue weighted by molar-refractivity contribution is -0.138. The van der Waals surface area contributed by atoms with Gasteiger partial charge in [-0.3, -0.25) is 4.79 Å². The highest BCUT2D eigenvalue weighted by Crippen LogP contribution is 2.48. The van der Waals surface area contributed by atoms with E-state index in [2.05, 4.69) is 50.5 Å². The van der Waals surface area contributed by atoms with Crippen LogP contribution in [0, 0.1) is 7.14 Å². The van der Waals surface area contributed by atoms with Gasteiger partial charge in [-0.05, 0) is 82.3 Å². The third-order valence-corrected chi connectivity index (χ3v) is 7.93. The third kappa shape index (κ3) is 4.47. The van der Waals surface area contributed by atoms with E-state index in [4.69, 9.17) is 9.47 Å². The van der Waals surface area contributed by atoms with E-state index in [0.29, 0.717) is 29.0 Å². The van der Waals surface area contributed by atoms with Crippen molar-refractivity contribution in [1.82, 2.24) is 5.32 Å². The van der Waals surface area contributed by atoms with Crippen molar-refractivity contribution in [3.8, 4) is 5.75 Å². The summed E-state index contributed by atoms with van der Waals surface area (Å²) in [6, 6.07) is 21.6. The average molecular weight is 703 g/mol. The van der Waals surface area contributed by atoms with Gasteiger partial charge < -0.3 is 14.8 Å². The minimum atomic E-state index is -0.551. The summed E-state index contributed by atoms with van der Waals surface area (Å²) in [5.41, 5.74) is 5.93. The second kappa shape index (κ2) is 10.4. The van der Waals surface area contributed by atoms with Gasteiger partial charge in [-0.2, -0.15) is 0 Å². The number of hydrogen-bond acceptors (Lipinski definition) is 5. The maximum Gasteiger partial charge on any atom is 0.336 e. The van der Waals surface area contributed by atoms with Crippen LogP contribution in [0.4, 0.5) is 0 Å². The maximum atomic E-state index is 13.6. The minimum absolute atomic E-state index is 0.0678. The Morgan fingerprint density at radius 3 is 2.28 bits per heavy atom. The summed E-state index contributed by atoms with van der Waals surface area (Å²) in [6.45, 7) is 4.35. The molecule has 1 N–H and O–H groups in total. The number of nitrogens with one attached hydrogen (secondary N) is 1. The molecular formula is C29H23I2NO4. The molecule has 2 aliphatic rings. The molecule has 0 fully saturated rings. The Bertz CT molecular complexity index is 1420. The third-order valence-electron chi connectivity index (χ3n) is 6.32. The molecule has 3 aromatic carbocycles. The number of carbonyl (C=O) groups is 2. The zero-order valence-electron chi connectivity index (χ0n) is 19.7. The first kappa shape index (κ1) is 25.0. The second-order valence-electron chi connectivity index (χ2n) is 8.57. The van der Waals surface area contributed by atoms with Crippen molar-refractivity contribution in [3.05, 3.63) is 113 Å². The number of carbonyl (C=O) groups excluding carboxylic acids is 2. The number of esters is 1. The first-order valence-electron chi connectivity index (χ1n) is 11.6. The van der Waals surface area contributed by atoms with Crippen LogP contribution in [0.3, 0.4) is 0 Å². The van der Waals surface area contributed by atoms with E-state index in [1.807, 2.05) is 73.7 Å². The van der Waals surface area contributed by atoms with Gasteiger partial charge in [0.05, 0.1) is 25.0 Å². The number of fused-ring (bicyclic) bond motifs is 2. The summed E-state index contributed by atoms with van der Waals surface area (Å²) in [5.74, 6) is -0.254. The van der Waals surface area contributed by atoms with Gasteiger partial charge in [-0.1, -0.05) is 54.6 Å². The van der Waals surface area contributed by atoms with Crippen LogP contribution in [0.15, 0.2) is 83.6 Å². The molecule has 0 unspecified atom stereocenters. The van der Waals surface area contributed by atoms with Crippen LogP contribution in [0.25, 0.3) is 5.70 Å². The van der Waals surface area contributed by atoms with Gasteiger partial charge in [0.15, 0.2) is 5.78 Å². The summed E-state index contributed by atoms with van der Waals surface area (Å²) in [7, 11) is 0. The molecule has 5 rings (SSSR count). The largest absolute Gasteiger partial charge is 0.487 e. The van der Waals surface area contributed by atoms with E-state index in [1.165, 1.54) is 0 Å². The van der Waals surface area contributed by atoms with E-state index in [9.17, 15) is 9.59 Å². The highest BCUT2D eigenvalue weighted by molar-refractivity contribution is 14.1. The van der Waals surface area contributed by atoms with Crippen molar-refractivity contribution in [2.45, 2.75) is 26.4 Å². The van der Waals surface area contributed by atoms with Gasteiger partial charge in [0.25, 0.3) is 0 Å². The van der Waals surface area contributed by atoms with Gasteiger partial charge in [-0.25, -0.2) is 4.79 Å². The SMILES string of the molecule is CCOC(=O)C1=C(C)NC2=C(C(=O)c3ccccc32)[C@H]1c1cc(I)c(OCc2ccccc2)c(I)c1. The Morgan fingerprint density at radius 2 is 1.61 bits per heavy atom. The number of rotatable bonds is 6. The fourth-order valence-corrected chi connectivity index (χ4v) is 6.88. The highest BCUT2D eigenvalue weighted by atomic mass is 127. The van der Waals surface area contributed by atoms with Gasteiger partial charge >= 0.3 is 5.97 Å². The molecular weight excluding hydrogens is 680 g/mol. The molecule has 1 heterocycles. The number of ketones is 1. The van der Waals surface area contributed by atoms with Crippen molar-refractivity contribution >= 4 is 62.6 Å². The summed E-state index contributed by atoms with van der Waals surface area (Å²) in [6.07, 6.45) is 0. The predicted molar refractivity (Wildman–Crippen MR) is 156 cm³/mol. The molecule has 0 saturated carbocycles. The Hall–Kier alpha value is -2.66. The van der Waals surface area contributed by atoms with Crippen molar-refractivity contribution in [2.75, 3.05) is 6.61 Å². The smallest absolute Gasteiger partial charge is 0.336 e. The van der Waals surface area contributed by atoms with Crippen LogP contribution < -0.4 is 10.1 Å². The fourth-order valence-electron chi connectivity index (χ4n) is 4.76. The van der Waals surface area contributed by atoms with Gasteiger partial charge in [-0.15, -0.1) is 0 Å². The van der Waals surface area contributed by atoms with Crippen LogP contribution in [-0.2, 0) is 16.1 Å². The molecule has 36 heavy (non-hydrogen) atoms.